The monoisotopic (exact) mass is 191 g/mol. The summed E-state index contributed by atoms with van der Waals surface area (Å²) in [5.41, 5.74) is 1.06. The van der Waals surface area contributed by atoms with Gasteiger partial charge in [0.1, 0.15) is 6.33 Å². The van der Waals surface area contributed by atoms with Crippen LogP contribution < -0.4 is 0 Å². The minimum absolute atomic E-state index is 0.0697. The summed E-state index contributed by atoms with van der Waals surface area (Å²) in [5.74, 6) is 0.189. The molecule has 1 aromatic heterocycles. The fourth-order valence-corrected chi connectivity index (χ4v) is 1.42. The summed E-state index contributed by atoms with van der Waals surface area (Å²) in [5, 5.41) is 0. The summed E-state index contributed by atoms with van der Waals surface area (Å²) in [4.78, 5) is 23.3. The first-order valence-electron chi connectivity index (χ1n) is 4.21. The van der Waals surface area contributed by atoms with E-state index in [0.717, 1.165) is 5.56 Å². The molecule has 5 heteroatoms. The molecule has 0 amide bonds. The van der Waals surface area contributed by atoms with Gasteiger partial charge >= 0.3 is 5.97 Å². The molecule has 0 unspecified atom stereocenters. The van der Waals surface area contributed by atoms with Gasteiger partial charge in [-0.05, 0) is 0 Å². The zero-order valence-corrected chi connectivity index (χ0v) is 7.89. The molecule has 5 nitrogen and oxygen atoms in total. The second-order valence-corrected chi connectivity index (χ2v) is 3.02. The van der Waals surface area contributed by atoms with Crippen molar-refractivity contribution in [3.05, 3.63) is 17.6 Å². The van der Waals surface area contributed by atoms with E-state index in [0.29, 0.717) is 11.5 Å². The summed E-state index contributed by atoms with van der Waals surface area (Å²) in [6.07, 6.45) is 3.06. The molecule has 0 aromatic carbocycles. The summed E-state index contributed by atoms with van der Waals surface area (Å²) in [6, 6.07) is 0. The molecule has 0 saturated heterocycles. The Morgan fingerprint density at radius 1 is 1.50 bits per heavy atom. The van der Waals surface area contributed by atoms with E-state index < -0.39 is 5.97 Å². The Labute approximate surface area is 80.9 Å². The number of hydrogen-bond donors (Lipinski definition) is 0. The minimum Gasteiger partial charge on any atom is -0.464 e. The summed E-state index contributed by atoms with van der Waals surface area (Å²) in [7, 11) is 1.33. The maximum atomic E-state index is 11.4. The fourth-order valence-electron chi connectivity index (χ4n) is 1.42. The number of methoxy groups -OCH3 is 1. The fraction of sp³-hybridized carbons (Fsp3) is 0.333. The normalized spacial score (nSPS) is 18.0. The number of carbonyl (C=O) groups excluding carboxylic acids is 1. The average Bonchev–Trinajstić information content (AvgIpc) is 2.59. The van der Waals surface area contributed by atoms with Gasteiger partial charge in [-0.3, -0.25) is 0 Å². The van der Waals surface area contributed by atoms with E-state index in [1.807, 2.05) is 6.92 Å². The molecule has 0 radical (unpaired) electrons. The maximum Gasteiger partial charge on any atom is 0.357 e. The number of hydrogen-bond acceptors (Lipinski definition) is 5. The Morgan fingerprint density at radius 2 is 2.29 bits per heavy atom. The predicted octanol–water partition coefficient (Wildman–Crippen LogP) is 1.08. The van der Waals surface area contributed by atoms with Crippen LogP contribution in [0.2, 0.25) is 0 Å². The molecule has 1 aromatic rings. The molecular weight excluding hydrogens is 182 g/mol. The molecule has 0 N–H and O–H groups in total. The van der Waals surface area contributed by atoms with Crippen molar-refractivity contribution in [2.75, 3.05) is 7.11 Å². The molecule has 72 valence electrons. The van der Waals surface area contributed by atoms with E-state index in [9.17, 15) is 4.79 Å². The number of aromatic nitrogens is 2. The Kier molecular flexibility index (Phi) is 1.99. The summed E-state index contributed by atoms with van der Waals surface area (Å²) in [6.45, 7) is 1.94. The largest absolute Gasteiger partial charge is 0.464 e. The molecule has 0 fully saturated rings. The van der Waals surface area contributed by atoms with Crippen molar-refractivity contribution < 1.29 is 9.53 Å². The number of esters is 1. The average molecular weight is 191 g/mol. The Hall–Kier alpha value is -1.78. The summed E-state index contributed by atoms with van der Waals surface area (Å²) < 4.78 is 4.63. The molecule has 2 heterocycles. The minimum atomic E-state index is -0.444. The molecule has 0 saturated carbocycles. The van der Waals surface area contributed by atoms with Gasteiger partial charge in [-0.2, -0.15) is 0 Å². The van der Waals surface area contributed by atoms with Crippen LogP contribution in [0.1, 0.15) is 28.9 Å². The molecule has 1 aliphatic heterocycles. The Morgan fingerprint density at radius 3 is 3.00 bits per heavy atom. The lowest BCUT2D eigenvalue weighted by molar-refractivity contribution is 0.0592. The van der Waals surface area contributed by atoms with Crippen molar-refractivity contribution in [3.8, 4) is 0 Å². The van der Waals surface area contributed by atoms with Crippen LogP contribution in [-0.4, -0.2) is 29.3 Å². The van der Waals surface area contributed by atoms with Crippen LogP contribution in [0.4, 0.5) is 5.82 Å². The second kappa shape index (κ2) is 3.17. The highest BCUT2D eigenvalue weighted by atomic mass is 16.5. The smallest absolute Gasteiger partial charge is 0.357 e. The number of ether oxygens (including phenoxy) is 1. The number of aliphatic imine (C=N–C) groups is 1. The van der Waals surface area contributed by atoms with E-state index in [4.69, 9.17) is 0 Å². The number of carbonyl (C=O) groups is 1. The molecule has 1 aliphatic rings. The first-order chi connectivity index (χ1) is 6.74. The lowest BCUT2D eigenvalue weighted by Crippen LogP contribution is -2.09. The van der Waals surface area contributed by atoms with E-state index in [1.54, 1.807) is 6.21 Å². The number of fused-ring (bicyclic) bond motifs is 1. The van der Waals surface area contributed by atoms with Crippen LogP contribution in [-0.2, 0) is 4.74 Å². The van der Waals surface area contributed by atoms with Crippen molar-refractivity contribution in [2.45, 2.75) is 12.8 Å². The molecule has 1 atom stereocenters. The first kappa shape index (κ1) is 8.80. The predicted molar refractivity (Wildman–Crippen MR) is 49.9 cm³/mol. The van der Waals surface area contributed by atoms with E-state index in [1.165, 1.54) is 13.4 Å². The quantitative estimate of drug-likeness (QED) is 0.623. The topological polar surface area (TPSA) is 64.4 Å². The lowest BCUT2D eigenvalue weighted by Gasteiger charge is -2.06. The SMILES string of the molecule is COC(=O)c1ncnc2c1[C@@H](C)C=N2. The lowest BCUT2D eigenvalue weighted by atomic mass is 10.0. The van der Waals surface area contributed by atoms with Gasteiger partial charge < -0.3 is 4.74 Å². The van der Waals surface area contributed by atoms with Gasteiger partial charge in [0, 0.05) is 17.7 Å². The van der Waals surface area contributed by atoms with Crippen LogP contribution >= 0.6 is 0 Å². The zero-order valence-electron chi connectivity index (χ0n) is 7.89. The van der Waals surface area contributed by atoms with Crippen molar-refractivity contribution in [3.63, 3.8) is 0 Å². The molecule has 0 aliphatic carbocycles. The molecule has 0 bridgehead atoms. The van der Waals surface area contributed by atoms with Crippen LogP contribution in [0, 0.1) is 0 Å². The molecule has 0 spiro atoms. The van der Waals surface area contributed by atoms with Gasteiger partial charge in [0.05, 0.1) is 7.11 Å². The second-order valence-electron chi connectivity index (χ2n) is 3.02. The van der Waals surface area contributed by atoms with Crippen LogP contribution in [0.5, 0.6) is 0 Å². The van der Waals surface area contributed by atoms with Gasteiger partial charge in [-0.25, -0.2) is 19.8 Å². The molecular formula is C9H9N3O2. The number of nitrogens with zero attached hydrogens (tertiary/aromatic N) is 3. The molecule has 14 heavy (non-hydrogen) atoms. The third-order valence-electron chi connectivity index (χ3n) is 2.12. The van der Waals surface area contributed by atoms with Crippen molar-refractivity contribution in [1.29, 1.82) is 0 Å². The van der Waals surface area contributed by atoms with Gasteiger partial charge in [-0.15, -0.1) is 0 Å². The Balaban J connectivity index is 2.55. The standard InChI is InChI=1S/C9H9N3O2/c1-5-3-10-8-6(5)7(9(13)14-2)11-4-12-8/h3-5H,1-2H3/t5-/m0/s1. The Bertz CT molecular complexity index is 415. The van der Waals surface area contributed by atoms with Crippen molar-refractivity contribution in [1.82, 2.24) is 9.97 Å². The van der Waals surface area contributed by atoms with Gasteiger partial charge in [-0.1, -0.05) is 6.92 Å². The highest BCUT2D eigenvalue weighted by molar-refractivity contribution is 5.94. The highest BCUT2D eigenvalue weighted by Crippen LogP contribution is 2.31. The van der Waals surface area contributed by atoms with E-state index >= 15 is 0 Å². The van der Waals surface area contributed by atoms with Gasteiger partial charge in [0.15, 0.2) is 11.5 Å². The maximum absolute atomic E-state index is 11.4. The van der Waals surface area contributed by atoms with E-state index in [2.05, 4.69) is 19.7 Å². The van der Waals surface area contributed by atoms with Crippen LogP contribution in [0.25, 0.3) is 0 Å². The van der Waals surface area contributed by atoms with Crippen LogP contribution in [0.3, 0.4) is 0 Å². The van der Waals surface area contributed by atoms with E-state index in [-0.39, 0.29) is 5.92 Å². The highest BCUT2D eigenvalue weighted by Gasteiger charge is 2.25. The van der Waals surface area contributed by atoms with Crippen molar-refractivity contribution >= 4 is 18.0 Å². The third-order valence-corrected chi connectivity index (χ3v) is 2.12. The van der Waals surface area contributed by atoms with Crippen LogP contribution in [0.15, 0.2) is 11.3 Å². The third kappa shape index (κ3) is 1.17. The number of rotatable bonds is 1. The zero-order chi connectivity index (χ0) is 10.1. The van der Waals surface area contributed by atoms with Gasteiger partial charge in [0.25, 0.3) is 0 Å². The molecule has 2 rings (SSSR count). The first-order valence-corrected chi connectivity index (χ1v) is 4.21. The van der Waals surface area contributed by atoms with Crippen molar-refractivity contribution in [2.24, 2.45) is 4.99 Å². The summed E-state index contributed by atoms with van der Waals surface area (Å²) >= 11 is 0. The van der Waals surface area contributed by atoms with Gasteiger partial charge in [0.2, 0.25) is 0 Å².